The van der Waals surface area contributed by atoms with Gasteiger partial charge < -0.3 is 9.40 Å². The molecule has 0 aliphatic rings. The van der Waals surface area contributed by atoms with E-state index >= 15 is 0 Å². The molecule has 0 saturated carbocycles. The summed E-state index contributed by atoms with van der Waals surface area (Å²) in [7, 11) is 0. The minimum Gasteiger partial charge on any atom is -0.455 e. The molecular weight excluding hydrogens is 220 g/mol. The standard InChI is InChI=1S/C12H8N2O3/c15-11-6-8(13-12(16)14-11)10-5-7-3-1-2-4-9(7)17-10/h1-6H,(H2,13,14,15,16). The van der Waals surface area contributed by atoms with Gasteiger partial charge in [0.25, 0.3) is 5.56 Å². The Morgan fingerprint density at radius 1 is 1.00 bits per heavy atom. The fourth-order valence-electron chi connectivity index (χ4n) is 1.72. The number of benzene rings is 1. The summed E-state index contributed by atoms with van der Waals surface area (Å²) in [5.41, 5.74) is 0.0794. The fourth-order valence-corrected chi connectivity index (χ4v) is 1.72. The van der Waals surface area contributed by atoms with E-state index in [9.17, 15) is 9.59 Å². The van der Waals surface area contributed by atoms with Crippen LogP contribution in [0.5, 0.6) is 0 Å². The number of fused-ring (bicyclic) bond motifs is 1. The highest BCUT2D eigenvalue weighted by Crippen LogP contribution is 2.24. The summed E-state index contributed by atoms with van der Waals surface area (Å²) in [5, 5.41) is 0.920. The lowest BCUT2D eigenvalue weighted by molar-refractivity contribution is 0.627. The van der Waals surface area contributed by atoms with Crippen LogP contribution >= 0.6 is 0 Å². The number of aromatic amines is 2. The van der Waals surface area contributed by atoms with Crippen LogP contribution < -0.4 is 11.2 Å². The minimum atomic E-state index is -0.548. The van der Waals surface area contributed by atoms with Gasteiger partial charge in [0.15, 0.2) is 5.76 Å². The van der Waals surface area contributed by atoms with E-state index < -0.39 is 11.2 Å². The van der Waals surface area contributed by atoms with Crippen molar-refractivity contribution in [3.8, 4) is 11.5 Å². The molecular formula is C12H8N2O3. The molecule has 0 atom stereocenters. The van der Waals surface area contributed by atoms with Gasteiger partial charge in [-0.25, -0.2) is 4.79 Å². The predicted octanol–water partition coefficient (Wildman–Crippen LogP) is 1.48. The summed E-state index contributed by atoms with van der Waals surface area (Å²) in [6.45, 7) is 0. The molecule has 3 rings (SSSR count). The smallest absolute Gasteiger partial charge is 0.326 e. The van der Waals surface area contributed by atoms with E-state index in [1.807, 2.05) is 24.3 Å². The summed E-state index contributed by atoms with van der Waals surface area (Å²) in [5.74, 6) is 0.467. The zero-order chi connectivity index (χ0) is 11.8. The van der Waals surface area contributed by atoms with Gasteiger partial charge >= 0.3 is 5.69 Å². The van der Waals surface area contributed by atoms with Crippen LogP contribution in [0.1, 0.15) is 0 Å². The molecule has 0 aliphatic heterocycles. The van der Waals surface area contributed by atoms with Crippen molar-refractivity contribution >= 4 is 11.0 Å². The van der Waals surface area contributed by atoms with Gasteiger partial charge in [0.1, 0.15) is 5.58 Å². The van der Waals surface area contributed by atoms with E-state index in [2.05, 4.69) is 9.97 Å². The van der Waals surface area contributed by atoms with Crippen LogP contribution in [0.2, 0.25) is 0 Å². The average Bonchev–Trinajstić information content (AvgIpc) is 2.71. The van der Waals surface area contributed by atoms with Crippen LogP contribution in [0.4, 0.5) is 0 Å². The Bertz CT molecular complexity index is 734. The summed E-state index contributed by atoms with van der Waals surface area (Å²) in [6, 6.07) is 10.5. The first-order valence-electron chi connectivity index (χ1n) is 5.05. The number of furan rings is 1. The molecule has 2 heterocycles. The maximum Gasteiger partial charge on any atom is 0.326 e. The molecule has 17 heavy (non-hydrogen) atoms. The highest BCUT2D eigenvalue weighted by Gasteiger charge is 2.07. The molecule has 0 aliphatic carbocycles. The van der Waals surface area contributed by atoms with E-state index in [1.54, 1.807) is 6.07 Å². The quantitative estimate of drug-likeness (QED) is 0.662. The number of H-pyrrole nitrogens is 2. The number of para-hydroxylation sites is 1. The second kappa shape index (κ2) is 3.48. The highest BCUT2D eigenvalue weighted by molar-refractivity contribution is 5.81. The molecule has 0 radical (unpaired) electrons. The lowest BCUT2D eigenvalue weighted by Crippen LogP contribution is -2.21. The second-order valence-corrected chi connectivity index (χ2v) is 3.65. The van der Waals surface area contributed by atoms with Crippen LogP contribution in [-0.4, -0.2) is 9.97 Å². The van der Waals surface area contributed by atoms with Gasteiger partial charge in [-0.15, -0.1) is 0 Å². The Morgan fingerprint density at radius 3 is 2.59 bits per heavy atom. The monoisotopic (exact) mass is 228 g/mol. The molecule has 0 saturated heterocycles. The first-order chi connectivity index (χ1) is 8.22. The minimum absolute atomic E-state index is 0.370. The van der Waals surface area contributed by atoms with Gasteiger partial charge in [-0.1, -0.05) is 18.2 Å². The molecule has 0 unspecified atom stereocenters. The summed E-state index contributed by atoms with van der Waals surface area (Å²) in [6.07, 6.45) is 0. The second-order valence-electron chi connectivity index (χ2n) is 3.65. The van der Waals surface area contributed by atoms with E-state index in [-0.39, 0.29) is 0 Å². The molecule has 1 aromatic carbocycles. The number of hydrogen-bond donors (Lipinski definition) is 2. The van der Waals surface area contributed by atoms with E-state index in [0.29, 0.717) is 17.0 Å². The molecule has 2 aromatic heterocycles. The first kappa shape index (κ1) is 9.65. The van der Waals surface area contributed by atoms with Gasteiger partial charge in [-0.3, -0.25) is 9.78 Å². The van der Waals surface area contributed by atoms with Crippen molar-refractivity contribution < 1.29 is 4.42 Å². The van der Waals surface area contributed by atoms with Crippen LogP contribution in [0.3, 0.4) is 0 Å². The fraction of sp³-hybridized carbons (Fsp3) is 0. The van der Waals surface area contributed by atoms with Crippen LogP contribution in [0.25, 0.3) is 22.4 Å². The number of hydrogen-bond acceptors (Lipinski definition) is 3. The molecule has 5 nitrogen and oxygen atoms in total. The third kappa shape index (κ3) is 1.67. The van der Waals surface area contributed by atoms with Crippen molar-refractivity contribution in [1.29, 1.82) is 0 Å². The molecule has 0 bridgehead atoms. The largest absolute Gasteiger partial charge is 0.455 e. The maximum absolute atomic E-state index is 11.2. The Balaban J connectivity index is 2.27. The van der Waals surface area contributed by atoms with Crippen LogP contribution in [-0.2, 0) is 0 Å². The maximum atomic E-state index is 11.2. The third-order valence-electron chi connectivity index (χ3n) is 2.45. The van der Waals surface area contributed by atoms with Crippen molar-refractivity contribution in [3.05, 3.63) is 57.2 Å². The lowest BCUT2D eigenvalue weighted by atomic mass is 10.2. The Morgan fingerprint density at radius 2 is 1.82 bits per heavy atom. The van der Waals surface area contributed by atoms with Crippen molar-refractivity contribution in [2.75, 3.05) is 0 Å². The van der Waals surface area contributed by atoms with E-state index in [1.165, 1.54) is 6.07 Å². The SMILES string of the molecule is O=c1cc(-c2cc3ccccc3o2)[nH]c(=O)[nH]1. The van der Waals surface area contributed by atoms with Crippen molar-refractivity contribution in [2.24, 2.45) is 0 Å². The summed E-state index contributed by atoms with van der Waals surface area (Å²) < 4.78 is 5.54. The molecule has 3 aromatic rings. The van der Waals surface area contributed by atoms with Crippen molar-refractivity contribution in [1.82, 2.24) is 9.97 Å². The van der Waals surface area contributed by atoms with Gasteiger partial charge in [0.2, 0.25) is 0 Å². The lowest BCUT2D eigenvalue weighted by Gasteiger charge is -1.93. The van der Waals surface area contributed by atoms with Gasteiger partial charge in [-0.05, 0) is 12.1 Å². The Hall–Kier alpha value is -2.56. The van der Waals surface area contributed by atoms with E-state index in [0.717, 1.165) is 5.39 Å². The zero-order valence-corrected chi connectivity index (χ0v) is 8.69. The molecule has 84 valence electrons. The highest BCUT2D eigenvalue weighted by atomic mass is 16.3. The first-order valence-corrected chi connectivity index (χ1v) is 5.05. The topological polar surface area (TPSA) is 78.9 Å². The van der Waals surface area contributed by atoms with Crippen LogP contribution in [0.15, 0.2) is 50.4 Å². The van der Waals surface area contributed by atoms with Crippen molar-refractivity contribution in [3.63, 3.8) is 0 Å². The number of nitrogens with one attached hydrogen (secondary N) is 2. The molecule has 5 heteroatoms. The number of rotatable bonds is 1. The third-order valence-corrected chi connectivity index (χ3v) is 2.45. The average molecular weight is 228 g/mol. The molecule has 0 spiro atoms. The Kier molecular flexibility index (Phi) is 1.98. The normalized spacial score (nSPS) is 10.8. The van der Waals surface area contributed by atoms with Crippen LogP contribution in [0, 0.1) is 0 Å². The zero-order valence-electron chi connectivity index (χ0n) is 8.69. The Labute approximate surface area is 94.7 Å². The molecule has 0 fully saturated rings. The van der Waals surface area contributed by atoms with Gasteiger partial charge in [0.05, 0.1) is 5.69 Å². The van der Waals surface area contributed by atoms with Gasteiger partial charge in [0, 0.05) is 11.5 Å². The van der Waals surface area contributed by atoms with E-state index in [4.69, 9.17) is 4.42 Å². The molecule has 0 amide bonds. The van der Waals surface area contributed by atoms with Gasteiger partial charge in [-0.2, -0.15) is 0 Å². The summed E-state index contributed by atoms with van der Waals surface area (Å²) in [4.78, 5) is 27.0. The summed E-state index contributed by atoms with van der Waals surface area (Å²) >= 11 is 0. The predicted molar refractivity (Wildman–Crippen MR) is 62.9 cm³/mol. The van der Waals surface area contributed by atoms with Crippen molar-refractivity contribution in [2.45, 2.75) is 0 Å². The number of aromatic nitrogens is 2. The molecule has 2 N–H and O–H groups in total.